The summed E-state index contributed by atoms with van der Waals surface area (Å²) in [6.07, 6.45) is 5.88. The van der Waals surface area contributed by atoms with E-state index in [-0.39, 0.29) is 35.2 Å². The molecule has 2 aromatic rings. The lowest BCUT2D eigenvalue weighted by Gasteiger charge is -2.54. The monoisotopic (exact) mass is 644 g/mol. The first-order chi connectivity index (χ1) is 22.8. The number of hydrogen-bond donors (Lipinski definition) is 2. The van der Waals surface area contributed by atoms with Crippen LogP contribution in [0.1, 0.15) is 62.1 Å². The third kappa shape index (κ3) is 7.26. The lowest BCUT2D eigenvalue weighted by molar-refractivity contribution is -0.119. The molecule has 1 aliphatic carbocycles. The smallest absolute Gasteiger partial charge is 0.407 e. The van der Waals surface area contributed by atoms with Gasteiger partial charge in [-0.25, -0.2) is 9.18 Å². The van der Waals surface area contributed by atoms with E-state index in [1.165, 1.54) is 20.5 Å². The Labute approximate surface area is 278 Å². The molecule has 0 spiro atoms. The number of ether oxygens (including phenoxy) is 1. The molecule has 3 atom stereocenters. The van der Waals surface area contributed by atoms with Crippen LogP contribution in [0.15, 0.2) is 42.5 Å². The van der Waals surface area contributed by atoms with Crippen molar-refractivity contribution in [3.8, 4) is 6.07 Å². The van der Waals surface area contributed by atoms with Gasteiger partial charge in [0.05, 0.1) is 18.7 Å². The number of anilines is 1. The van der Waals surface area contributed by atoms with E-state index >= 15 is 0 Å². The van der Waals surface area contributed by atoms with Gasteiger partial charge < -0.3 is 30.1 Å². The SMILES string of the molecule is COC(=O)N[C@H]1CCC[C@@H]1[C@](CN1CCC1)(c1cccc(F)c1)C1CCN(CC2CN(c3ccc(C#N)c(CNC(C)=O)c3)C2)CC1. The van der Waals surface area contributed by atoms with E-state index in [1.807, 2.05) is 24.3 Å². The van der Waals surface area contributed by atoms with Crippen molar-refractivity contribution < 1.29 is 18.7 Å². The molecule has 4 aliphatic rings. The van der Waals surface area contributed by atoms with Gasteiger partial charge in [-0.1, -0.05) is 18.6 Å². The van der Waals surface area contributed by atoms with Gasteiger partial charge in [-0.3, -0.25) is 4.79 Å². The number of hydrogen-bond acceptors (Lipinski definition) is 7. The van der Waals surface area contributed by atoms with Gasteiger partial charge in [0.25, 0.3) is 0 Å². The number of methoxy groups -OCH3 is 1. The molecule has 9 nitrogen and oxygen atoms in total. The summed E-state index contributed by atoms with van der Waals surface area (Å²) in [4.78, 5) is 31.4. The lowest BCUT2D eigenvalue weighted by Crippen LogP contribution is -2.60. The van der Waals surface area contributed by atoms with Crippen LogP contribution in [0.2, 0.25) is 0 Å². The molecule has 6 rings (SSSR count). The van der Waals surface area contributed by atoms with Gasteiger partial charge in [-0.2, -0.15) is 5.26 Å². The number of alkyl carbamates (subject to hydrolysis) is 1. The number of likely N-dealkylation sites (tertiary alicyclic amines) is 2. The Morgan fingerprint density at radius 2 is 1.81 bits per heavy atom. The number of benzene rings is 2. The Balaban J connectivity index is 1.14. The molecule has 3 heterocycles. The summed E-state index contributed by atoms with van der Waals surface area (Å²) in [5.41, 5.74) is 3.36. The van der Waals surface area contributed by atoms with E-state index in [0.717, 1.165) is 101 Å². The van der Waals surface area contributed by atoms with Gasteiger partial charge in [-0.15, -0.1) is 0 Å². The number of piperidine rings is 1. The van der Waals surface area contributed by atoms with Crippen LogP contribution >= 0.6 is 0 Å². The van der Waals surface area contributed by atoms with E-state index in [1.54, 1.807) is 12.1 Å². The van der Waals surface area contributed by atoms with Crippen molar-refractivity contribution in [2.75, 3.05) is 64.4 Å². The highest BCUT2D eigenvalue weighted by atomic mass is 19.1. The van der Waals surface area contributed by atoms with Crippen LogP contribution in [-0.4, -0.2) is 87.3 Å². The zero-order valence-electron chi connectivity index (χ0n) is 27.8. The average molecular weight is 645 g/mol. The summed E-state index contributed by atoms with van der Waals surface area (Å²) in [6.45, 7) is 9.90. The predicted octanol–water partition coefficient (Wildman–Crippen LogP) is 4.65. The minimum Gasteiger partial charge on any atom is -0.453 e. The molecular formula is C37H49FN6O3. The van der Waals surface area contributed by atoms with Crippen LogP contribution in [0.3, 0.4) is 0 Å². The van der Waals surface area contributed by atoms with E-state index < -0.39 is 0 Å². The minimum absolute atomic E-state index is 0.00645. The van der Waals surface area contributed by atoms with E-state index in [9.17, 15) is 19.2 Å². The molecule has 10 heteroatoms. The second-order valence-corrected chi connectivity index (χ2v) is 14.2. The van der Waals surface area contributed by atoms with Crippen LogP contribution < -0.4 is 15.5 Å². The molecule has 2 aromatic carbocycles. The second-order valence-electron chi connectivity index (χ2n) is 14.2. The highest BCUT2D eigenvalue weighted by molar-refractivity contribution is 5.73. The first-order valence-corrected chi connectivity index (χ1v) is 17.4. The van der Waals surface area contributed by atoms with Crippen LogP contribution in [0.4, 0.5) is 14.9 Å². The number of carbonyl (C=O) groups excluding carboxylic acids is 2. The third-order valence-corrected chi connectivity index (χ3v) is 11.4. The molecule has 0 bridgehead atoms. The maximum absolute atomic E-state index is 14.9. The largest absolute Gasteiger partial charge is 0.453 e. The molecule has 47 heavy (non-hydrogen) atoms. The maximum Gasteiger partial charge on any atom is 0.407 e. The molecule has 1 saturated carbocycles. The van der Waals surface area contributed by atoms with Gasteiger partial charge in [0, 0.05) is 62.7 Å². The molecule has 2 amide bonds. The predicted molar refractivity (Wildman–Crippen MR) is 179 cm³/mol. The van der Waals surface area contributed by atoms with E-state index in [0.29, 0.717) is 23.9 Å². The van der Waals surface area contributed by atoms with Crippen molar-refractivity contribution in [3.63, 3.8) is 0 Å². The second kappa shape index (κ2) is 14.6. The average Bonchev–Trinajstić information content (AvgIpc) is 3.49. The highest BCUT2D eigenvalue weighted by Crippen LogP contribution is 2.51. The normalized spacial score (nSPS) is 23.7. The Morgan fingerprint density at radius 3 is 2.47 bits per heavy atom. The molecule has 2 N–H and O–H groups in total. The van der Waals surface area contributed by atoms with Crippen LogP contribution in [0.25, 0.3) is 0 Å². The number of nitrogens with zero attached hydrogens (tertiary/aromatic N) is 4. The van der Waals surface area contributed by atoms with Crippen molar-refractivity contribution in [1.82, 2.24) is 20.4 Å². The Bertz CT molecular complexity index is 1460. The molecule has 0 radical (unpaired) electrons. The molecule has 4 fully saturated rings. The van der Waals surface area contributed by atoms with Gasteiger partial charge in [0.15, 0.2) is 0 Å². The maximum atomic E-state index is 14.9. The molecule has 0 aromatic heterocycles. The third-order valence-electron chi connectivity index (χ3n) is 11.4. The fraction of sp³-hybridized carbons (Fsp3) is 0.595. The molecule has 3 saturated heterocycles. The fourth-order valence-electron chi connectivity index (χ4n) is 8.88. The van der Waals surface area contributed by atoms with Crippen molar-refractivity contribution in [2.45, 2.75) is 63.5 Å². The number of carbonyl (C=O) groups is 2. The number of nitrogens with one attached hydrogen (secondary N) is 2. The first-order valence-electron chi connectivity index (χ1n) is 17.4. The Kier molecular flexibility index (Phi) is 10.3. The summed E-state index contributed by atoms with van der Waals surface area (Å²) in [6, 6.07) is 15.5. The quantitative estimate of drug-likeness (QED) is 0.368. The zero-order chi connectivity index (χ0) is 33.0. The first kappa shape index (κ1) is 33.2. The standard InChI is InChI=1S/C37H49FN6O3/c1-26(45)40-21-29-18-33(11-10-28(29)20-39)44-23-27(24-44)22-42-16-12-30(13-17-42)37(25-43-14-5-15-43,31-6-3-7-32(38)19-31)34-8-4-9-35(34)41-36(46)47-2/h3,6-7,10-11,18-19,27,30,34-35H,4-5,8-9,12-17,21-25H2,1-2H3,(H,40,45)(H,41,46)/t34-,35-,37-/m0/s1. The van der Waals surface area contributed by atoms with Gasteiger partial charge >= 0.3 is 6.09 Å². The minimum atomic E-state index is -0.381. The summed E-state index contributed by atoms with van der Waals surface area (Å²) < 4.78 is 20.0. The van der Waals surface area contributed by atoms with Gasteiger partial charge in [0.1, 0.15) is 5.82 Å². The van der Waals surface area contributed by atoms with Crippen LogP contribution in [0, 0.1) is 34.9 Å². The molecule has 3 aliphatic heterocycles. The van der Waals surface area contributed by atoms with Gasteiger partial charge in [0.2, 0.25) is 5.91 Å². The zero-order valence-corrected chi connectivity index (χ0v) is 27.8. The summed E-state index contributed by atoms with van der Waals surface area (Å²) in [5.74, 6) is 0.858. The highest BCUT2D eigenvalue weighted by Gasteiger charge is 2.53. The molecular weight excluding hydrogens is 595 g/mol. The van der Waals surface area contributed by atoms with Gasteiger partial charge in [-0.05, 0) is 112 Å². The number of amides is 2. The van der Waals surface area contributed by atoms with E-state index in [4.69, 9.17) is 4.74 Å². The summed E-state index contributed by atoms with van der Waals surface area (Å²) in [7, 11) is 1.42. The van der Waals surface area contributed by atoms with Crippen LogP contribution in [0.5, 0.6) is 0 Å². The molecule has 252 valence electrons. The molecule has 0 unspecified atom stereocenters. The topological polar surface area (TPSA) is 101 Å². The van der Waals surface area contributed by atoms with Crippen molar-refractivity contribution in [1.29, 1.82) is 5.26 Å². The number of nitriles is 1. The Morgan fingerprint density at radius 1 is 1.02 bits per heavy atom. The van der Waals surface area contributed by atoms with Crippen LogP contribution in [-0.2, 0) is 21.5 Å². The fourth-order valence-corrected chi connectivity index (χ4v) is 8.88. The lowest BCUT2D eigenvalue weighted by atomic mass is 9.57. The summed E-state index contributed by atoms with van der Waals surface area (Å²) in [5, 5.41) is 15.5. The van der Waals surface area contributed by atoms with Crippen molar-refractivity contribution >= 4 is 17.7 Å². The Hall–Kier alpha value is -3.68. The number of rotatable bonds is 11. The van der Waals surface area contributed by atoms with E-state index in [2.05, 4.69) is 37.5 Å². The van der Waals surface area contributed by atoms with Crippen molar-refractivity contribution in [3.05, 3.63) is 65.0 Å². The van der Waals surface area contributed by atoms with Crippen molar-refractivity contribution in [2.24, 2.45) is 17.8 Å². The summed E-state index contributed by atoms with van der Waals surface area (Å²) >= 11 is 0. The number of halogens is 1.